The lowest BCUT2D eigenvalue weighted by Gasteiger charge is -2.17. The molecule has 0 aromatic heterocycles. The molecule has 0 saturated heterocycles. The van der Waals surface area contributed by atoms with Gasteiger partial charge in [-0.2, -0.15) is 0 Å². The molecule has 17 heavy (non-hydrogen) atoms. The lowest BCUT2D eigenvalue weighted by Crippen LogP contribution is -2.16. The van der Waals surface area contributed by atoms with Crippen LogP contribution in [0.5, 0.6) is 0 Å². The molecule has 2 N–H and O–H groups in total. The predicted molar refractivity (Wildman–Crippen MR) is 69.8 cm³/mol. The maximum atomic E-state index is 11.6. The van der Waals surface area contributed by atoms with Crippen molar-refractivity contribution in [3.63, 3.8) is 0 Å². The summed E-state index contributed by atoms with van der Waals surface area (Å²) in [6, 6.07) is 0. The van der Waals surface area contributed by atoms with E-state index in [1.54, 1.807) is 6.92 Å². The van der Waals surface area contributed by atoms with Gasteiger partial charge in [0.2, 0.25) is 0 Å². The van der Waals surface area contributed by atoms with Crippen LogP contribution in [0.1, 0.15) is 47.5 Å². The van der Waals surface area contributed by atoms with Gasteiger partial charge in [-0.3, -0.25) is 4.79 Å². The van der Waals surface area contributed by atoms with Gasteiger partial charge in [0, 0.05) is 17.9 Å². The van der Waals surface area contributed by atoms with Crippen molar-refractivity contribution in [2.75, 3.05) is 0 Å². The average molecular weight is 240 g/mol. The van der Waals surface area contributed by atoms with Gasteiger partial charge in [0.1, 0.15) is 5.76 Å². The summed E-state index contributed by atoms with van der Waals surface area (Å²) in [6.07, 6.45) is 3.20. The summed E-state index contributed by atoms with van der Waals surface area (Å²) in [5.74, 6) is -0.208. The van der Waals surface area contributed by atoms with Crippen LogP contribution in [0.3, 0.4) is 0 Å². The van der Waals surface area contributed by atoms with Gasteiger partial charge in [0.25, 0.3) is 0 Å². The number of carbonyl (C=O) groups is 1. The molecule has 3 nitrogen and oxygen atoms in total. The van der Waals surface area contributed by atoms with Gasteiger partial charge in [-0.25, -0.2) is 0 Å². The fourth-order valence-electron chi connectivity index (χ4n) is 1.24. The first kappa shape index (κ1) is 15.9. The van der Waals surface area contributed by atoms with Gasteiger partial charge < -0.3 is 10.2 Å². The van der Waals surface area contributed by atoms with Gasteiger partial charge >= 0.3 is 0 Å². The van der Waals surface area contributed by atoms with Crippen LogP contribution in [0.25, 0.3) is 0 Å². The van der Waals surface area contributed by atoms with E-state index in [0.717, 1.165) is 12.0 Å². The van der Waals surface area contributed by atoms with Crippen molar-refractivity contribution in [2.45, 2.75) is 53.6 Å². The molecular weight excluding hydrogens is 216 g/mol. The van der Waals surface area contributed by atoms with Crippen molar-refractivity contribution in [1.82, 2.24) is 0 Å². The summed E-state index contributed by atoms with van der Waals surface area (Å²) in [5.41, 5.74) is 0.360. The van der Waals surface area contributed by atoms with E-state index in [1.807, 2.05) is 33.8 Å². The third-order valence-electron chi connectivity index (χ3n) is 2.51. The average Bonchev–Trinajstić information content (AvgIpc) is 2.16. The Kier molecular flexibility index (Phi) is 6.18. The molecule has 0 spiro atoms. The smallest absolute Gasteiger partial charge is 0.161 e. The molecule has 0 amide bonds. The zero-order chi connectivity index (χ0) is 13.6. The van der Waals surface area contributed by atoms with Crippen LogP contribution < -0.4 is 0 Å². The molecule has 0 aromatic rings. The third kappa shape index (κ3) is 6.27. The van der Waals surface area contributed by atoms with Crippen molar-refractivity contribution in [3.8, 4) is 0 Å². The summed E-state index contributed by atoms with van der Waals surface area (Å²) in [7, 11) is 0. The number of carbonyl (C=O) groups excluding carboxylic acids is 1. The summed E-state index contributed by atoms with van der Waals surface area (Å²) in [6.45, 7) is 9.25. The number of rotatable bonds is 5. The number of ketones is 1. The molecule has 0 aliphatic heterocycles. The normalized spacial score (nSPS) is 15.9. The molecule has 1 atom stereocenters. The van der Waals surface area contributed by atoms with Crippen LogP contribution in [0.2, 0.25) is 0 Å². The SMILES string of the molecule is CC/C=C(\C)C(O)CC(=O)/C=C(\O)C(C)(C)C. The maximum absolute atomic E-state index is 11.6. The highest BCUT2D eigenvalue weighted by Crippen LogP contribution is 2.22. The Hall–Kier alpha value is -1.09. The molecule has 3 heteroatoms. The highest BCUT2D eigenvalue weighted by Gasteiger charge is 2.18. The highest BCUT2D eigenvalue weighted by atomic mass is 16.3. The Balaban J connectivity index is 4.53. The van der Waals surface area contributed by atoms with Crippen molar-refractivity contribution in [2.24, 2.45) is 5.41 Å². The number of allylic oxidation sites excluding steroid dienone is 3. The van der Waals surface area contributed by atoms with E-state index >= 15 is 0 Å². The maximum Gasteiger partial charge on any atom is 0.161 e. The van der Waals surface area contributed by atoms with Gasteiger partial charge in [0.05, 0.1) is 6.10 Å². The summed E-state index contributed by atoms with van der Waals surface area (Å²) >= 11 is 0. The molecule has 0 aromatic carbocycles. The second-order valence-electron chi connectivity index (χ2n) is 5.32. The third-order valence-corrected chi connectivity index (χ3v) is 2.51. The molecular formula is C14H24O3. The monoisotopic (exact) mass is 240 g/mol. The quantitative estimate of drug-likeness (QED) is 0.441. The van der Waals surface area contributed by atoms with E-state index < -0.39 is 11.5 Å². The van der Waals surface area contributed by atoms with Crippen molar-refractivity contribution in [3.05, 3.63) is 23.5 Å². The minimum absolute atomic E-state index is 0.0163. The fourth-order valence-corrected chi connectivity index (χ4v) is 1.24. The Morgan fingerprint density at radius 1 is 1.35 bits per heavy atom. The molecule has 0 fully saturated rings. The Morgan fingerprint density at radius 3 is 2.29 bits per heavy atom. The van der Waals surface area contributed by atoms with Gasteiger partial charge in [-0.15, -0.1) is 0 Å². The van der Waals surface area contributed by atoms with Gasteiger partial charge in [0.15, 0.2) is 5.78 Å². The Morgan fingerprint density at radius 2 is 1.88 bits per heavy atom. The topological polar surface area (TPSA) is 57.5 Å². The molecule has 0 aliphatic rings. The van der Waals surface area contributed by atoms with Crippen LogP contribution in [0, 0.1) is 5.41 Å². The molecule has 1 unspecified atom stereocenters. The van der Waals surface area contributed by atoms with E-state index in [1.165, 1.54) is 6.08 Å². The minimum atomic E-state index is -0.758. The first-order valence-corrected chi connectivity index (χ1v) is 5.97. The zero-order valence-electron chi connectivity index (χ0n) is 11.4. The second-order valence-corrected chi connectivity index (χ2v) is 5.32. The van der Waals surface area contributed by atoms with Crippen LogP contribution in [0.15, 0.2) is 23.5 Å². The molecule has 0 radical (unpaired) electrons. The molecule has 98 valence electrons. The number of hydrogen-bond acceptors (Lipinski definition) is 3. The number of hydrogen-bond donors (Lipinski definition) is 2. The first-order chi connectivity index (χ1) is 7.68. The fraction of sp³-hybridized carbons (Fsp3) is 0.643. The standard InChI is InChI=1S/C14H24O3/c1-6-7-10(2)12(16)8-11(15)9-13(17)14(3,4)5/h7,9,12,16-17H,6,8H2,1-5H3/b10-7+,13-9-. The number of aliphatic hydroxyl groups excluding tert-OH is 2. The summed E-state index contributed by atoms with van der Waals surface area (Å²) in [4.78, 5) is 11.6. The van der Waals surface area contributed by atoms with Crippen LogP contribution in [-0.4, -0.2) is 22.1 Å². The van der Waals surface area contributed by atoms with Crippen molar-refractivity contribution < 1.29 is 15.0 Å². The molecule has 0 rings (SSSR count). The van der Waals surface area contributed by atoms with Crippen LogP contribution >= 0.6 is 0 Å². The zero-order valence-corrected chi connectivity index (χ0v) is 11.4. The lowest BCUT2D eigenvalue weighted by molar-refractivity contribution is -0.116. The van der Waals surface area contributed by atoms with Crippen LogP contribution in [-0.2, 0) is 4.79 Å². The predicted octanol–water partition coefficient (Wildman–Crippen LogP) is 3.15. The summed E-state index contributed by atoms with van der Waals surface area (Å²) < 4.78 is 0. The van der Waals surface area contributed by atoms with Gasteiger partial charge in [-0.05, 0) is 18.9 Å². The molecule has 0 saturated carbocycles. The largest absolute Gasteiger partial charge is 0.512 e. The minimum Gasteiger partial charge on any atom is -0.512 e. The van der Waals surface area contributed by atoms with Crippen molar-refractivity contribution in [1.29, 1.82) is 0 Å². The molecule has 0 heterocycles. The van der Waals surface area contributed by atoms with E-state index in [0.29, 0.717) is 0 Å². The van der Waals surface area contributed by atoms with Gasteiger partial charge in [-0.1, -0.05) is 33.8 Å². The lowest BCUT2D eigenvalue weighted by atomic mass is 9.92. The van der Waals surface area contributed by atoms with E-state index in [2.05, 4.69) is 0 Å². The number of aliphatic hydroxyl groups is 2. The summed E-state index contributed by atoms with van der Waals surface area (Å²) in [5, 5.41) is 19.4. The Labute approximate surface area is 104 Å². The van der Waals surface area contributed by atoms with E-state index in [9.17, 15) is 15.0 Å². The molecule has 0 aliphatic carbocycles. The van der Waals surface area contributed by atoms with E-state index in [4.69, 9.17) is 0 Å². The molecule has 0 bridgehead atoms. The second kappa shape index (κ2) is 6.60. The highest BCUT2D eigenvalue weighted by molar-refractivity contribution is 5.90. The first-order valence-electron chi connectivity index (χ1n) is 5.97. The van der Waals surface area contributed by atoms with E-state index in [-0.39, 0.29) is 18.0 Å². The van der Waals surface area contributed by atoms with Crippen LogP contribution in [0.4, 0.5) is 0 Å². The van der Waals surface area contributed by atoms with Crippen molar-refractivity contribution >= 4 is 5.78 Å². The Bertz CT molecular complexity index is 319.